The molecule has 3 amide bonds. The first kappa shape index (κ1) is 32.1. The molecule has 0 spiro atoms. The van der Waals surface area contributed by atoms with Crippen LogP contribution < -0.4 is 21.7 Å². The van der Waals surface area contributed by atoms with Crippen molar-refractivity contribution in [2.24, 2.45) is 5.73 Å². The molecule has 0 aliphatic heterocycles. The first-order chi connectivity index (χ1) is 21.1. The largest absolute Gasteiger partial charge is 0.374 e. The van der Waals surface area contributed by atoms with Crippen LogP contribution in [-0.4, -0.2) is 52.0 Å². The smallest absolute Gasteiger partial charge is 0.250 e. The number of rotatable bonds is 14. The second-order valence-corrected chi connectivity index (χ2v) is 10.9. The maximum atomic E-state index is 13.4. The molecule has 0 bridgehead atoms. The number of nitrogens with zero attached hydrogens (tertiary/aromatic N) is 2. The molecule has 0 saturated heterocycles. The van der Waals surface area contributed by atoms with Crippen molar-refractivity contribution in [3.63, 3.8) is 0 Å². The highest BCUT2D eigenvalue weighted by atomic mass is 19.1. The van der Waals surface area contributed by atoms with Gasteiger partial charge >= 0.3 is 0 Å². The van der Waals surface area contributed by atoms with Crippen LogP contribution in [0, 0.1) is 5.82 Å². The first-order valence-electron chi connectivity index (χ1n) is 14.2. The van der Waals surface area contributed by atoms with Crippen molar-refractivity contribution in [1.82, 2.24) is 20.2 Å². The highest BCUT2D eigenvalue weighted by Crippen LogP contribution is 2.20. The summed E-state index contributed by atoms with van der Waals surface area (Å²) in [6.45, 7) is 3.56. The Morgan fingerprint density at radius 2 is 1.59 bits per heavy atom. The summed E-state index contributed by atoms with van der Waals surface area (Å²) in [4.78, 5) is 43.6. The third kappa shape index (κ3) is 9.32. The van der Waals surface area contributed by atoms with Gasteiger partial charge in [0.2, 0.25) is 11.8 Å². The van der Waals surface area contributed by atoms with Gasteiger partial charge in [-0.05, 0) is 49.1 Å². The van der Waals surface area contributed by atoms with Crippen molar-refractivity contribution in [3.8, 4) is 0 Å². The van der Waals surface area contributed by atoms with Crippen molar-refractivity contribution in [3.05, 3.63) is 120 Å². The summed E-state index contributed by atoms with van der Waals surface area (Å²) in [5, 5.41) is 8.31. The van der Waals surface area contributed by atoms with Crippen molar-refractivity contribution < 1.29 is 23.5 Å². The van der Waals surface area contributed by atoms with E-state index in [1.54, 1.807) is 22.9 Å². The molecule has 3 aromatic carbocycles. The maximum absolute atomic E-state index is 13.4. The van der Waals surface area contributed by atoms with Gasteiger partial charge in [-0.3, -0.25) is 14.4 Å². The molecule has 5 N–H and O–H groups in total. The summed E-state index contributed by atoms with van der Waals surface area (Å²) in [5.41, 5.74) is 7.25. The molecule has 4 aromatic rings. The zero-order valence-electron chi connectivity index (χ0n) is 24.7. The minimum absolute atomic E-state index is 0.105. The van der Waals surface area contributed by atoms with Gasteiger partial charge in [-0.1, -0.05) is 72.8 Å². The van der Waals surface area contributed by atoms with E-state index in [2.05, 4.69) is 20.9 Å². The second-order valence-electron chi connectivity index (χ2n) is 10.9. The lowest BCUT2D eigenvalue weighted by Crippen LogP contribution is -2.56. The molecule has 11 heteroatoms. The molecule has 0 aliphatic carbocycles. The van der Waals surface area contributed by atoms with Crippen molar-refractivity contribution in [1.29, 1.82) is 0 Å². The summed E-state index contributed by atoms with van der Waals surface area (Å²) >= 11 is 0. The van der Waals surface area contributed by atoms with E-state index in [-0.39, 0.29) is 30.8 Å². The molecule has 2 unspecified atom stereocenters. The lowest BCUT2D eigenvalue weighted by atomic mass is 10.1. The van der Waals surface area contributed by atoms with Crippen molar-refractivity contribution in [2.45, 2.75) is 44.5 Å². The van der Waals surface area contributed by atoms with E-state index < -0.39 is 29.4 Å². The fourth-order valence-corrected chi connectivity index (χ4v) is 4.32. The number of nitrogens with two attached hydrogens (primary N) is 1. The molecule has 0 aliphatic rings. The second kappa shape index (κ2) is 15.0. The molecule has 1 aromatic heterocycles. The summed E-state index contributed by atoms with van der Waals surface area (Å²) in [5.74, 6) is -1.49. The summed E-state index contributed by atoms with van der Waals surface area (Å²) < 4.78 is 20.6. The standard InChI is InChI=1S/C33H37FN6O4/c1-33(2,35)32(43)38-27(21-44-20-24-9-5-3-6-10-24)30(41)39-28-19-40(22-37-28)29(25-11-7-4-8-12-25)31(42)36-18-17-23-13-15-26(34)16-14-23/h3-16,19,22,27,29H,17-18,20-21,35H2,1-2H3,(H,36,42)(H,38,43)(H,39,41). The van der Waals surface area contributed by atoms with Crippen molar-refractivity contribution in [2.75, 3.05) is 18.5 Å². The van der Waals surface area contributed by atoms with E-state index in [0.29, 0.717) is 18.5 Å². The van der Waals surface area contributed by atoms with Crippen LogP contribution in [0.15, 0.2) is 97.5 Å². The van der Waals surface area contributed by atoms with Gasteiger partial charge in [0, 0.05) is 12.7 Å². The lowest BCUT2D eigenvalue weighted by molar-refractivity contribution is -0.130. The van der Waals surface area contributed by atoms with Crippen LogP contribution in [-0.2, 0) is 32.1 Å². The number of halogens is 1. The van der Waals surface area contributed by atoms with Gasteiger partial charge in [0.25, 0.3) is 5.91 Å². The molecule has 0 fully saturated rings. The van der Waals surface area contributed by atoms with Gasteiger partial charge in [0.05, 0.1) is 25.1 Å². The Bertz CT molecular complexity index is 1520. The summed E-state index contributed by atoms with van der Waals surface area (Å²) in [6, 6.07) is 22.9. The van der Waals surface area contributed by atoms with E-state index in [1.165, 1.54) is 32.3 Å². The number of amides is 3. The highest BCUT2D eigenvalue weighted by molar-refractivity contribution is 5.98. The minimum Gasteiger partial charge on any atom is -0.374 e. The highest BCUT2D eigenvalue weighted by Gasteiger charge is 2.29. The van der Waals surface area contributed by atoms with E-state index in [4.69, 9.17) is 10.5 Å². The van der Waals surface area contributed by atoms with Crippen molar-refractivity contribution >= 4 is 23.5 Å². The van der Waals surface area contributed by atoms with Gasteiger partial charge < -0.3 is 31.0 Å². The van der Waals surface area contributed by atoms with Gasteiger partial charge in [0.15, 0.2) is 5.82 Å². The van der Waals surface area contributed by atoms with Crippen LogP contribution in [0.25, 0.3) is 0 Å². The van der Waals surface area contributed by atoms with E-state index in [1.807, 2.05) is 60.7 Å². The number of anilines is 1. The average Bonchev–Trinajstić information content (AvgIpc) is 3.45. The normalized spacial score (nSPS) is 12.6. The van der Waals surface area contributed by atoms with E-state index >= 15 is 0 Å². The molecule has 0 radical (unpaired) electrons. The third-order valence-corrected chi connectivity index (χ3v) is 6.74. The Kier molecular flexibility index (Phi) is 11.0. The van der Waals surface area contributed by atoms with Crippen LogP contribution in [0.5, 0.6) is 0 Å². The zero-order chi connectivity index (χ0) is 31.5. The third-order valence-electron chi connectivity index (χ3n) is 6.74. The maximum Gasteiger partial charge on any atom is 0.250 e. The Morgan fingerprint density at radius 3 is 2.25 bits per heavy atom. The van der Waals surface area contributed by atoms with Gasteiger partial charge in [-0.25, -0.2) is 9.37 Å². The van der Waals surface area contributed by atoms with Gasteiger partial charge in [-0.15, -0.1) is 0 Å². The molecule has 230 valence electrons. The topological polar surface area (TPSA) is 140 Å². The fraction of sp³-hybridized carbons (Fsp3) is 0.273. The van der Waals surface area contributed by atoms with Crippen LogP contribution in [0.3, 0.4) is 0 Å². The molecule has 0 saturated carbocycles. The molecular weight excluding hydrogens is 563 g/mol. The summed E-state index contributed by atoms with van der Waals surface area (Å²) in [6.07, 6.45) is 3.53. The van der Waals surface area contributed by atoms with Crippen LogP contribution in [0.1, 0.15) is 36.6 Å². The molecule has 10 nitrogen and oxygen atoms in total. The number of nitrogens with one attached hydrogen (secondary N) is 3. The quantitative estimate of drug-likeness (QED) is 0.175. The number of hydrogen-bond acceptors (Lipinski definition) is 6. The number of carbonyl (C=O) groups is 3. The molecule has 1 heterocycles. The Morgan fingerprint density at radius 1 is 0.932 bits per heavy atom. The summed E-state index contributed by atoms with van der Waals surface area (Å²) in [7, 11) is 0. The average molecular weight is 601 g/mol. The zero-order valence-corrected chi connectivity index (χ0v) is 24.7. The van der Waals surface area contributed by atoms with Crippen LogP contribution in [0.4, 0.5) is 10.2 Å². The van der Waals surface area contributed by atoms with Crippen LogP contribution in [0.2, 0.25) is 0 Å². The van der Waals surface area contributed by atoms with Crippen LogP contribution >= 0.6 is 0 Å². The molecule has 2 atom stereocenters. The lowest BCUT2D eigenvalue weighted by Gasteiger charge is -2.23. The first-order valence-corrected chi connectivity index (χ1v) is 14.2. The Hall–Kier alpha value is -4.87. The van der Waals surface area contributed by atoms with Gasteiger partial charge in [0.1, 0.15) is 17.9 Å². The predicted octanol–water partition coefficient (Wildman–Crippen LogP) is 3.35. The number of hydrogen-bond donors (Lipinski definition) is 4. The monoisotopic (exact) mass is 600 g/mol. The van der Waals surface area contributed by atoms with E-state index in [9.17, 15) is 18.8 Å². The fourth-order valence-electron chi connectivity index (χ4n) is 4.32. The minimum atomic E-state index is -1.22. The molecular formula is C33H37FN6O4. The number of imidazole rings is 1. The Balaban J connectivity index is 1.45. The van der Waals surface area contributed by atoms with E-state index in [0.717, 1.165) is 11.1 Å². The Labute approximate surface area is 255 Å². The predicted molar refractivity (Wildman–Crippen MR) is 165 cm³/mol. The van der Waals surface area contributed by atoms with Gasteiger partial charge in [-0.2, -0.15) is 0 Å². The number of benzene rings is 3. The molecule has 44 heavy (non-hydrogen) atoms. The number of carbonyl (C=O) groups excluding carboxylic acids is 3. The SMILES string of the molecule is CC(C)(N)C(=O)NC(COCc1ccccc1)C(=O)Nc1cn(C(C(=O)NCCc2ccc(F)cc2)c2ccccc2)cn1. The number of ether oxygens (including phenoxy) is 1. The molecule has 4 rings (SSSR count). The number of aromatic nitrogens is 2.